The predicted octanol–water partition coefficient (Wildman–Crippen LogP) is 6.87. The average Bonchev–Trinajstić information content (AvgIpc) is 3.16. The molecule has 1 unspecified atom stereocenters. The third-order valence-electron chi connectivity index (χ3n) is 8.93. The number of benzene rings is 2. The largest absolute Gasteiger partial charge is 0.467 e. The molecule has 0 radical (unpaired) electrons. The topological polar surface area (TPSA) is 111 Å². The molecule has 44 heavy (non-hydrogen) atoms. The highest BCUT2D eigenvalue weighted by Crippen LogP contribution is 2.57. The van der Waals surface area contributed by atoms with Gasteiger partial charge in [0, 0.05) is 18.0 Å². The third-order valence-corrected chi connectivity index (χ3v) is 9.24. The molecule has 0 aliphatic heterocycles. The van der Waals surface area contributed by atoms with Crippen molar-refractivity contribution in [1.82, 2.24) is 5.32 Å². The zero-order chi connectivity index (χ0) is 33.3. The van der Waals surface area contributed by atoms with Gasteiger partial charge < -0.3 is 20.1 Å². The predicted molar refractivity (Wildman–Crippen MR) is 173 cm³/mol. The Kier molecular flexibility index (Phi) is 10.3. The van der Waals surface area contributed by atoms with Crippen molar-refractivity contribution in [3.05, 3.63) is 64.2 Å². The SMILES string of the molecule is COC(=O)[C@H](Cc1ccc(NC(=O)c2ccc(C(C)(C)C)cc2Cl)cc1)NC(=O)C1CC[C@@](C)(C(=O)OC(C)(C)C)C1(C)C. The van der Waals surface area contributed by atoms with Crippen molar-refractivity contribution in [2.24, 2.45) is 16.7 Å². The van der Waals surface area contributed by atoms with Gasteiger partial charge in [-0.25, -0.2) is 4.79 Å². The first-order valence-corrected chi connectivity index (χ1v) is 15.4. The first-order chi connectivity index (χ1) is 20.2. The van der Waals surface area contributed by atoms with Gasteiger partial charge in [-0.15, -0.1) is 0 Å². The van der Waals surface area contributed by atoms with Crippen LogP contribution in [-0.2, 0) is 35.7 Å². The molecule has 2 N–H and O–H groups in total. The van der Waals surface area contributed by atoms with Gasteiger partial charge in [-0.3, -0.25) is 14.4 Å². The van der Waals surface area contributed by atoms with Gasteiger partial charge in [0.1, 0.15) is 11.6 Å². The van der Waals surface area contributed by atoms with E-state index in [-0.39, 0.29) is 29.6 Å². The van der Waals surface area contributed by atoms with Crippen LogP contribution in [0.1, 0.15) is 96.6 Å². The molecule has 2 amide bonds. The Bertz CT molecular complexity index is 1400. The van der Waals surface area contributed by atoms with Crippen LogP contribution in [0, 0.1) is 16.7 Å². The molecule has 3 atom stereocenters. The van der Waals surface area contributed by atoms with Gasteiger partial charge in [0.2, 0.25) is 5.91 Å². The summed E-state index contributed by atoms with van der Waals surface area (Å²) in [6, 6.07) is 11.5. The number of hydrogen-bond acceptors (Lipinski definition) is 6. The lowest BCUT2D eigenvalue weighted by Gasteiger charge is -2.40. The van der Waals surface area contributed by atoms with Crippen LogP contribution < -0.4 is 10.6 Å². The summed E-state index contributed by atoms with van der Waals surface area (Å²) in [5.41, 5.74) is 0.412. The van der Waals surface area contributed by atoms with Crippen LogP contribution in [0.2, 0.25) is 5.02 Å². The van der Waals surface area contributed by atoms with E-state index in [1.165, 1.54) is 7.11 Å². The number of anilines is 1. The minimum absolute atomic E-state index is 0.0933. The Morgan fingerprint density at radius 2 is 1.59 bits per heavy atom. The van der Waals surface area contributed by atoms with E-state index in [1.54, 1.807) is 30.3 Å². The number of halogens is 1. The molecular formula is C35H47ClN2O6. The van der Waals surface area contributed by atoms with Crippen molar-refractivity contribution in [3.63, 3.8) is 0 Å². The van der Waals surface area contributed by atoms with Gasteiger partial charge in [-0.05, 0) is 86.8 Å². The molecule has 9 heteroatoms. The number of hydrogen-bond donors (Lipinski definition) is 2. The normalized spacial score (nSPS) is 20.4. The molecule has 1 aliphatic rings. The first kappa shape index (κ1) is 35.1. The minimum Gasteiger partial charge on any atom is -0.467 e. The summed E-state index contributed by atoms with van der Waals surface area (Å²) in [7, 11) is 1.28. The van der Waals surface area contributed by atoms with E-state index < -0.39 is 34.4 Å². The maximum atomic E-state index is 13.6. The molecule has 1 saturated carbocycles. The molecule has 3 rings (SSSR count). The monoisotopic (exact) mass is 626 g/mol. The van der Waals surface area contributed by atoms with Crippen LogP contribution in [0.3, 0.4) is 0 Å². The van der Waals surface area contributed by atoms with Gasteiger partial charge in [0.05, 0.1) is 23.1 Å². The van der Waals surface area contributed by atoms with Crippen LogP contribution in [0.5, 0.6) is 0 Å². The van der Waals surface area contributed by atoms with Crippen molar-refractivity contribution in [2.75, 3.05) is 12.4 Å². The van der Waals surface area contributed by atoms with E-state index in [9.17, 15) is 19.2 Å². The van der Waals surface area contributed by atoms with Crippen LogP contribution in [0.4, 0.5) is 5.69 Å². The Hall–Kier alpha value is -3.39. The second-order valence-corrected chi connectivity index (χ2v) is 14.9. The number of methoxy groups -OCH3 is 1. The van der Waals surface area contributed by atoms with Crippen LogP contribution in [-0.4, -0.2) is 42.5 Å². The molecule has 1 aliphatic carbocycles. The zero-order valence-electron chi connectivity index (χ0n) is 27.6. The molecule has 0 heterocycles. The molecule has 8 nitrogen and oxygen atoms in total. The molecule has 1 fully saturated rings. The number of esters is 2. The van der Waals surface area contributed by atoms with Crippen LogP contribution >= 0.6 is 11.6 Å². The summed E-state index contributed by atoms with van der Waals surface area (Å²) < 4.78 is 10.7. The van der Waals surface area contributed by atoms with E-state index in [4.69, 9.17) is 21.1 Å². The average molecular weight is 627 g/mol. The Morgan fingerprint density at radius 1 is 0.977 bits per heavy atom. The molecule has 0 saturated heterocycles. The number of carbonyl (C=O) groups excluding carboxylic acids is 4. The number of nitrogens with one attached hydrogen (secondary N) is 2. The van der Waals surface area contributed by atoms with E-state index in [0.29, 0.717) is 29.1 Å². The standard InChI is InChI=1S/C35H47ClN2O6/c1-32(2,3)22-13-16-24(26(36)20-22)28(39)37-23-14-11-21(12-15-23)19-27(30(41)43-10)38-29(40)25-17-18-35(9,34(25,7)8)31(42)44-33(4,5)6/h11-16,20,25,27H,17-19H2,1-10H3,(H,37,39)(H,38,40)/t25?,27-,35-/m0/s1. The summed E-state index contributed by atoms with van der Waals surface area (Å²) in [5, 5.41) is 6.11. The maximum Gasteiger partial charge on any atom is 0.328 e. The quantitative estimate of drug-likeness (QED) is 0.309. The lowest BCUT2D eigenvalue weighted by Crippen LogP contribution is -2.51. The Labute approximate surface area is 266 Å². The third kappa shape index (κ3) is 7.81. The summed E-state index contributed by atoms with van der Waals surface area (Å²) in [4.78, 5) is 52.4. The highest BCUT2D eigenvalue weighted by Gasteiger charge is 2.59. The summed E-state index contributed by atoms with van der Waals surface area (Å²) in [5.74, 6) is -2.05. The Morgan fingerprint density at radius 3 is 2.11 bits per heavy atom. The van der Waals surface area contributed by atoms with Crippen molar-refractivity contribution < 1.29 is 28.7 Å². The van der Waals surface area contributed by atoms with Gasteiger partial charge >= 0.3 is 11.9 Å². The molecule has 0 aromatic heterocycles. The minimum atomic E-state index is -0.933. The van der Waals surface area contributed by atoms with Crippen molar-refractivity contribution in [3.8, 4) is 0 Å². The lowest BCUT2D eigenvalue weighted by molar-refractivity contribution is -0.173. The Balaban J connectivity index is 1.70. The van der Waals surface area contributed by atoms with Gasteiger partial charge in [0.15, 0.2) is 0 Å². The maximum absolute atomic E-state index is 13.6. The molecule has 2 aromatic carbocycles. The summed E-state index contributed by atoms with van der Waals surface area (Å²) in [6.07, 6.45) is 1.16. The number of carbonyl (C=O) groups is 4. The van der Waals surface area contributed by atoms with E-state index in [1.807, 2.05) is 53.7 Å². The summed E-state index contributed by atoms with van der Waals surface area (Å²) >= 11 is 6.42. The fourth-order valence-electron chi connectivity index (χ4n) is 5.65. The lowest BCUT2D eigenvalue weighted by atomic mass is 9.65. The summed E-state index contributed by atoms with van der Waals surface area (Å²) in [6.45, 7) is 17.4. The fraction of sp³-hybridized carbons (Fsp3) is 0.543. The smallest absolute Gasteiger partial charge is 0.328 e. The number of amides is 2. The second-order valence-electron chi connectivity index (χ2n) is 14.5. The molecule has 0 spiro atoms. The molecular weight excluding hydrogens is 580 g/mol. The van der Waals surface area contributed by atoms with Gasteiger partial charge in [-0.2, -0.15) is 0 Å². The van der Waals surface area contributed by atoms with Crippen LogP contribution in [0.25, 0.3) is 0 Å². The number of ether oxygens (including phenoxy) is 2. The van der Waals surface area contributed by atoms with Crippen molar-refractivity contribution >= 4 is 41.0 Å². The first-order valence-electron chi connectivity index (χ1n) is 15.0. The van der Waals surface area contributed by atoms with E-state index in [2.05, 4.69) is 31.4 Å². The van der Waals surface area contributed by atoms with Crippen LogP contribution in [0.15, 0.2) is 42.5 Å². The van der Waals surface area contributed by atoms with E-state index in [0.717, 1.165) is 11.1 Å². The highest BCUT2D eigenvalue weighted by molar-refractivity contribution is 6.34. The van der Waals surface area contributed by atoms with Crippen molar-refractivity contribution in [2.45, 2.75) is 98.6 Å². The van der Waals surface area contributed by atoms with Crippen molar-refractivity contribution in [1.29, 1.82) is 0 Å². The second kappa shape index (κ2) is 12.9. The molecule has 0 bridgehead atoms. The van der Waals surface area contributed by atoms with Gasteiger partial charge in [0.25, 0.3) is 5.91 Å². The molecule has 240 valence electrons. The van der Waals surface area contributed by atoms with Gasteiger partial charge in [-0.1, -0.05) is 64.4 Å². The zero-order valence-corrected chi connectivity index (χ0v) is 28.4. The number of rotatable bonds is 8. The van der Waals surface area contributed by atoms with E-state index >= 15 is 0 Å². The molecule has 2 aromatic rings. The fourth-order valence-corrected chi connectivity index (χ4v) is 5.91. The highest BCUT2D eigenvalue weighted by atomic mass is 35.5.